The number of benzene rings is 1. The molecule has 13 heavy (non-hydrogen) atoms. The molecule has 1 aliphatic carbocycles. The minimum atomic E-state index is -2.61. The van der Waals surface area contributed by atoms with Gasteiger partial charge in [-0.3, -0.25) is 0 Å². The molecule has 0 atom stereocenters. The van der Waals surface area contributed by atoms with Gasteiger partial charge < -0.3 is 0 Å². The molecule has 0 saturated heterocycles. The van der Waals surface area contributed by atoms with Crippen molar-refractivity contribution in [2.24, 2.45) is 5.92 Å². The van der Waals surface area contributed by atoms with E-state index >= 15 is 0 Å². The number of halogens is 2. The Balaban J connectivity index is 2.33. The van der Waals surface area contributed by atoms with Crippen LogP contribution in [0.2, 0.25) is 0 Å². The normalized spacial score (nSPS) is 17.5. The van der Waals surface area contributed by atoms with Crippen LogP contribution in [0.3, 0.4) is 0 Å². The first-order valence-electron chi connectivity index (χ1n) is 4.55. The maximum Gasteiger partial charge on any atom is 0.276 e. The first-order valence-corrected chi connectivity index (χ1v) is 4.55. The van der Waals surface area contributed by atoms with Gasteiger partial charge in [0.05, 0.1) is 0 Å². The summed E-state index contributed by atoms with van der Waals surface area (Å²) in [6.45, 7) is 1.84. The number of hydrogen-bond donors (Lipinski definition) is 0. The zero-order valence-electron chi connectivity index (χ0n) is 7.56. The van der Waals surface area contributed by atoms with Gasteiger partial charge in [-0.1, -0.05) is 29.8 Å². The van der Waals surface area contributed by atoms with Gasteiger partial charge in [-0.25, -0.2) is 8.78 Å². The van der Waals surface area contributed by atoms with Crippen molar-refractivity contribution >= 4 is 0 Å². The molecule has 1 aromatic carbocycles. The third-order valence-electron chi connectivity index (χ3n) is 2.49. The van der Waals surface area contributed by atoms with Gasteiger partial charge in [0.2, 0.25) is 0 Å². The summed E-state index contributed by atoms with van der Waals surface area (Å²) in [6, 6.07) is 6.64. The predicted molar refractivity (Wildman–Crippen MR) is 47.8 cm³/mol. The molecular formula is C11H12F2. The van der Waals surface area contributed by atoms with Crippen molar-refractivity contribution < 1.29 is 8.78 Å². The first kappa shape index (κ1) is 8.67. The van der Waals surface area contributed by atoms with Crippen molar-refractivity contribution in [1.82, 2.24) is 0 Å². The molecule has 1 aliphatic rings. The van der Waals surface area contributed by atoms with E-state index in [-0.39, 0.29) is 5.56 Å². The van der Waals surface area contributed by atoms with Crippen molar-refractivity contribution in [2.45, 2.75) is 25.7 Å². The van der Waals surface area contributed by atoms with Gasteiger partial charge in [-0.2, -0.15) is 0 Å². The number of aryl methyl sites for hydroxylation is 1. The lowest BCUT2D eigenvalue weighted by Gasteiger charge is -2.16. The molecule has 0 aliphatic heterocycles. The molecule has 0 spiro atoms. The highest BCUT2D eigenvalue weighted by molar-refractivity contribution is 5.27. The van der Waals surface area contributed by atoms with Gasteiger partial charge in [0.25, 0.3) is 5.92 Å². The Hall–Kier alpha value is -0.920. The Morgan fingerprint density at radius 3 is 2.54 bits per heavy atom. The van der Waals surface area contributed by atoms with Crippen LogP contribution in [0.5, 0.6) is 0 Å². The van der Waals surface area contributed by atoms with Crippen LogP contribution < -0.4 is 0 Å². The summed E-state index contributed by atoms with van der Waals surface area (Å²) < 4.78 is 27.0. The third-order valence-corrected chi connectivity index (χ3v) is 2.49. The smallest absolute Gasteiger partial charge is 0.201 e. The van der Waals surface area contributed by atoms with Crippen LogP contribution in [-0.4, -0.2) is 0 Å². The summed E-state index contributed by atoms with van der Waals surface area (Å²) in [5, 5.41) is 0. The molecule has 0 N–H and O–H groups in total. The van der Waals surface area contributed by atoms with Crippen LogP contribution in [-0.2, 0) is 5.92 Å². The molecule has 0 amide bonds. The molecule has 1 aromatic rings. The molecule has 0 aromatic heterocycles. The highest BCUT2D eigenvalue weighted by Gasteiger charge is 2.47. The Morgan fingerprint density at radius 1 is 1.31 bits per heavy atom. The Morgan fingerprint density at radius 2 is 2.00 bits per heavy atom. The number of hydrogen-bond acceptors (Lipinski definition) is 0. The van der Waals surface area contributed by atoms with E-state index in [1.54, 1.807) is 12.1 Å². The summed E-state index contributed by atoms with van der Waals surface area (Å²) in [6.07, 6.45) is 1.34. The van der Waals surface area contributed by atoms with E-state index in [4.69, 9.17) is 0 Å². The minimum Gasteiger partial charge on any atom is -0.201 e. The molecule has 2 rings (SSSR count). The average molecular weight is 182 g/mol. The van der Waals surface area contributed by atoms with Crippen LogP contribution >= 0.6 is 0 Å². The van der Waals surface area contributed by atoms with Crippen LogP contribution in [0.4, 0.5) is 8.78 Å². The van der Waals surface area contributed by atoms with Gasteiger partial charge in [0.15, 0.2) is 0 Å². The van der Waals surface area contributed by atoms with Crippen molar-refractivity contribution in [3.63, 3.8) is 0 Å². The number of rotatable bonds is 2. The second kappa shape index (κ2) is 2.79. The van der Waals surface area contributed by atoms with E-state index in [0.29, 0.717) is 12.8 Å². The van der Waals surface area contributed by atoms with Crippen molar-refractivity contribution in [1.29, 1.82) is 0 Å². The van der Waals surface area contributed by atoms with E-state index in [0.717, 1.165) is 5.56 Å². The zero-order chi connectivity index (χ0) is 9.47. The van der Waals surface area contributed by atoms with Crippen molar-refractivity contribution in [3.05, 3.63) is 35.4 Å². The van der Waals surface area contributed by atoms with Crippen LogP contribution in [0, 0.1) is 12.8 Å². The van der Waals surface area contributed by atoms with Crippen molar-refractivity contribution in [3.8, 4) is 0 Å². The lowest BCUT2D eigenvalue weighted by molar-refractivity contribution is -0.0285. The zero-order valence-corrected chi connectivity index (χ0v) is 7.56. The Bertz CT molecular complexity index is 314. The van der Waals surface area contributed by atoms with E-state index in [1.807, 2.05) is 13.0 Å². The fourth-order valence-electron chi connectivity index (χ4n) is 1.53. The van der Waals surface area contributed by atoms with Gasteiger partial charge >= 0.3 is 0 Å². The monoisotopic (exact) mass is 182 g/mol. The quantitative estimate of drug-likeness (QED) is 0.656. The SMILES string of the molecule is Cc1cccc(C(F)(F)C2CC2)c1. The molecule has 1 saturated carbocycles. The van der Waals surface area contributed by atoms with E-state index in [1.165, 1.54) is 6.07 Å². The maximum atomic E-state index is 13.5. The van der Waals surface area contributed by atoms with Crippen LogP contribution in [0.25, 0.3) is 0 Å². The van der Waals surface area contributed by atoms with Crippen LogP contribution in [0.1, 0.15) is 24.0 Å². The Labute approximate surface area is 76.6 Å². The summed E-state index contributed by atoms with van der Waals surface area (Å²) in [4.78, 5) is 0. The molecule has 2 heteroatoms. The molecule has 70 valence electrons. The lowest BCUT2D eigenvalue weighted by Crippen LogP contribution is -2.15. The van der Waals surface area contributed by atoms with E-state index in [2.05, 4.69) is 0 Å². The molecule has 0 nitrogen and oxygen atoms in total. The average Bonchev–Trinajstić information content (AvgIpc) is 2.86. The third kappa shape index (κ3) is 1.58. The van der Waals surface area contributed by atoms with Gasteiger partial charge in [0, 0.05) is 11.5 Å². The largest absolute Gasteiger partial charge is 0.276 e. The molecule has 0 bridgehead atoms. The Kier molecular flexibility index (Phi) is 1.86. The summed E-state index contributed by atoms with van der Waals surface area (Å²) in [7, 11) is 0. The molecule has 0 heterocycles. The summed E-state index contributed by atoms with van der Waals surface area (Å²) in [5.41, 5.74) is 1.08. The maximum absolute atomic E-state index is 13.5. The minimum absolute atomic E-state index is 0.176. The van der Waals surface area contributed by atoms with E-state index < -0.39 is 11.8 Å². The molecule has 0 unspecified atom stereocenters. The number of alkyl halides is 2. The van der Waals surface area contributed by atoms with Gasteiger partial charge in [0.1, 0.15) is 0 Å². The molecule has 0 radical (unpaired) electrons. The van der Waals surface area contributed by atoms with Crippen LogP contribution in [0.15, 0.2) is 24.3 Å². The second-order valence-electron chi connectivity index (χ2n) is 3.77. The van der Waals surface area contributed by atoms with Gasteiger partial charge in [-0.15, -0.1) is 0 Å². The summed E-state index contributed by atoms with van der Waals surface area (Å²) >= 11 is 0. The second-order valence-corrected chi connectivity index (χ2v) is 3.77. The molecular weight excluding hydrogens is 170 g/mol. The highest BCUT2D eigenvalue weighted by atomic mass is 19.3. The van der Waals surface area contributed by atoms with Crippen molar-refractivity contribution in [2.75, 3.05) is 0 Å². The standard InChI is InChI=1S/C11H12F2/c1-8-3-2-4-10(7-8)11(12,13)9-5-6-9/h2-4,7,9H,5-6H2,1H3. The topological polar surface area (TPSA) is 0 Å². The fourth-order valence-corrected chi connectivity index (χ4v) is 1.53. The summed E-state index contributed by atoms with van der Waals surface area (Å²) in [5.74, 6) is -3.01. The fraction of sp³-hybridized carbons (Fsp3) is 0.455. The van der Waals surface area contributed by atoms with Gasteiger partial charge in [-0.05, 0) is 19.8 Å². The molecule has 1 fully saturated rings. The first-order chi connectivity index (χ1) is 6.10. The predicted octanol–water partition coefficient (Wildman–Crippen LogP) is 3.50. The van der Waals surface area contributed by atoms with E-state index in [9.17, 15) is 8.78 Å². The highest BCUT2D eigenvalue weighted by Crippen LogP contribution is 2.49. The lowest BCUT2D eigenvalue weighted by atomic mass is 10.0.